The molecule has 0 amide bonds. The Morgan fingerprint density at radius 3 is 2.74 bits per heavy atom. The molecule has 0 saturated heterocycles. The number of hydrogen-bond acceptors (Lipinski definition) is 1. The number of halogens is 1. The zero-order valence-electron chi connectivity index (χ0n) is 11.1. The zero-order valence-corrected chi connectivity index (χ0v) is 11.1. The molecule has 0 aromatic heterocycles. The molecule has 19 heavy (non-hydrogen) atoms. The van der Waals surface area contributed by atoms with Crippen LogP contribution in [0.15, 0.2) is 42.5 Å². The van der Waals surface area contributed by atoms with Crippen LogP contribution < -0.4 is 5.32 Å². The highest BCUT2D eigenvalue weighted by molar-refractivity contribution is 5.35. The fraction of sp³-hybridized carbons (Fsp3) is 0.294. The standard InChI is InChI=1S/C17H18FN/c1-12-2-4-13(5-3-12)11-19-17-9-6-14-10-15(18)7-8-16(14)17/h2-5,7-8,10,17,19H,6,9,11H2,1H3. The third-order valence-corrected chi connectivity index (χ3v) is 3.86. The summed E-state index contributed by atoms with van der Waals surface area (Å²) in [6, 6.07) is 14.1. The van der Waals surface area contributed by atoms with E-state index < -0.39 is 0 Å². The number of fused-ring (bicyclic) bond motifs is 1. The van der Waals surface area contributed by atoms with Crippen LogP contribution in [0, 0.1) is 12.7 Å². The number of nitrogens with one attached hydrogen (secondary N) is 1. The molecule has 1 N–H and O–H groups in total. The van der Waals surface area contributed by atoms with E-state index in [1.165, 1.54) is 16.7 Å². The first-order chi connectivity index (χ1) is 9.22. The molecule has 0 radical (unpaired) electrons. The second kappa shape index (κ2) is 5.14. The quantitative estimate of drug-likeness (QED) is 0.876. The average Bonchev–Trinajstić information content (AvgIpc) is 2.80. The summed E-state index contributed by atoms with van der Waals surface area (Å²) in [7, 11) is 0. The first-order valence-corrected chi connectivity index (χ1v) is 6.79. The molecule has 1 aliphatic rings. The van der Waals surface area contributed by atoms with E-state index in [0.717, 1.165) is 24.9 Å². The van der Waals surface area contributed by atoms with Crippen LogP contribution in [-0.4, -0.2) is 0 Å². The highest BCUT2D eigenvalue weighted by Gasteiger charge is 2.21. The number of rotatable bonds is 3. The van der Waals surface area contributed by atoms with E-state index in [1.54, 1.807) is 12.1 Å². The van der Waals surface area contributed by atoms with Gasteiger partial charge in [-0.2, -0.15) is 0 Å². The minimum absolute atomic E-state index is 0.127. The molecule has 0 aliphatic heterocycles. The first-order valence-electron chi connectivity index (χ1n) is 6.79. The predicted octanol–water partition coefficient (Wildman–Crippen LogP) is 3.91. The molecular weight excluding hydrogens is 237 g/mol. The summed E-state index contributed by atoms with van der Waals surface area (Å²) in [5.74, 6) is -0.127. The van der Waals surface area contributed by atoms with Gasteiger partial charge in [0.1, 0.15) is 5.82 Å². The molecule has 2 aromatic carbocycles. The lowest BCUT2D eigenvalue weighted by Gasteiger charge is -2.14. The Hall–Kier alpha value is -1.67. The zero-order chi connectivity index (χ0) is 13.2. The molecule has 3 rings (SSSR count). The maximum Gasteiger partial charge on any atom is 0.123 e. The van der Waals surface area contributed by atoms with Gasteiger partial charge in [-0.3, -0.25) is 0 Å². The molecule has 0 heterocycles. The van der Waals surface area contributed by atoms with Crippen LogP contribution in [0.1, 0.15) is 34.7 Å². The van der Waals surface area contributed by atoms with E-state index in [4.69, 9.17) is 0 Å². The molecule has 2 aromatic rings. The largest absolute Gasteiger partial charge is 0.306 e. The normalized spacial score (nSPS) is 17.5. The SMILES string of the molecule is Cc1ccc(CNC2CCc3cc(F)ccc32)cc1. The van der Waals surface area contributed by atoms with E-state index >= 15 is 0 Å². The van der Waals surface area contributed by atoms with E-state index in [9.17, 15) is 4.39 Å². The van der Waals surface area contributed by atoms with Crippen molar-refractivity contribution >= 4 is 0 Å². The molecular formula is C17H18FN. The lowest BCUT2D eigenvalue weighted by Crippen LogP contribution is -2.18. The van der Waals surface area contributed by atoms with Crippen molar-refractivity contribution < 1.29 is 4.39 Å². The molecule has 98 valence electrons. The summed E-state index contributed by atoms with van der Waals surface area (Å²) >= 11 is 0. The third kappa shape index (κ3) is 2.69. The van der Waals surface area contributed by atoms with Crippen molar-refractivity contribution in [2.24, 2.45) is 0 Å². The molecule has 0 bridgehead atoms. The average molecular weight is 255 g/mol. The summed E-state index contributed by atoms with van der Waals surface area (Å²) in [6.07, 6.45) is 2.03. The van der Waals surface area contributed by atoms with Gasteiger partial charge in [-0.05, 0) is 48.6 Å². The van der Waals surface area contributed by atoms with E-state index in [0.29, 0.717) is 6.04 Å². The second-order valence-corrected chi connectivity index (χ2v) is 5.30. The molecule has 1 aliphatic carbocycles. The second-order valence-electron chi connectivity index (χ2n) is 5.30. The maximum absolute atomic E-state index is 13.2. The van der Waals surface area contributed by atoms with Gasteiger partial charge in [0.2, 0.25) is 0 Å². The third-order valence-electron chi connectivity index (χ3n) is 3.86. The van der Waals surface area contributed by atoms with Crippen LogP contribution >= 0.6 is 0 Å². The van der Waals surface area contributed by atoms with E-state index in [-0.39, 0.29) is 5.82 Å². The van der Waals surface area contributed by atoms with E-state index in [2.05, 4.69) is 36.5 Å². The monoisotopic (exact) mass is 255 g/mol. The molecule has 2 heteroatoms. The maximum atomic E-state index is 13.2. The van der Waals surface area contributed by atoms with Gasteiger partial charge in [-0.1, -0.05) is 35.9 Å². The van der Waals surface area contributed by atoms with Crippen LogP contribution in [0.3, 0.4) is 0 Å². The van der Waals surface area contributed by atoms with Gasteiger partial charge in [-0.25, -0.2) is 4.39 Å². The fourth-order valence-electron chi connectivity index (χ4n) is 2.75. The lowest BCUT2D eigenvalue weighted by molar-refractivity contribution is 0.530. The van der Waals surface area contributed by atoms with Crippen molar-refractivity contribution in [1.29, 1.82) is 0 Å². The first kappa shape index (κ1) is 12.4. The topological polar surface area (TPSA) is 12.0 Å². The van der Waals surface area contributed by atoms with Gasteiger partial charge < -0.3 is 5.32 Å². The Bertz CT molecular complexity index is 574. The Balaban J connectivity index is 1.68. The van der Waals surface area contributed by atoms with Crippen molar-refractivity contribution in [1.82, 2.24) is 5.32 Å². The minimum Gasteiger partial charge on any atom is -0.306 e. The number of hydrogen-bond donors (Lipinski definition) is 1. The minimum atomic E-state index is -0.127. The molecule has 0 fully saturated rings. The Labute approximate surface area is 113 Å². The van der Waals surface area contributed by atoms with Crippen molar-refractivity contribution in [2.45, 2.75) is 32.4 Å². The van der Waals surface area contributed by atoms with Crippen LogP contribution in [0.5, 0.6) is 0 Å². The Morgan fingerprint density at radius 2 is 1.95 bits per heavy atom. The van der Waals surface area contributed by atoms with Crippen molar-refractivity contribution in [3.05, 3.63) is 70.5 Å². The molecule has 1 unspecified atom stereocenters. The highest BCUT2D eigenvalue weighted by atomic mass is 19.1. The van der Waals surface area contributed by atoms with Crippen LogP contribution in [0.2, 0.25) is 0 Å². The Kier molecular flexibility index (Phi) is 3.34. The smallest absolute Gasteiger partial charge is 0.123 e. The molecule has 1 nitrogen and oxygen atoms in total. The van der Waals surface area contributed by atoms with Gasteiger partial charge in [0, 0.05) is 12.6 Å². The summed E-state index contributed by atoms with van der Waals surface area (Å²) in [5.41, 5.74) is 4.99. The molecule has 0 saturated carbocycles. The summed E-state index contributed by atoms with van der Waals surface area (Å²) in [6.45, 7) is 2.96. The lowest BCUT2D eigenvalue weighted by atomic mass is 10.1. The van der Waals surface area contributed by atoms with Crippen LogP contribution in [-0.2, 0) is 13.0 Å². The summed E-state index contributed by atoms with van der Waals surface area (Å²) < 4.78 is 13.2. The van der Waals surface area contributed by atoms with Crippen LogP contribution in [0.4, 0.5) is 4.39 Å². The Morgan fingerprint density at radius 1 is 1.16 bits per heavy atom. The van der Waals surface area contributed by atoms with Gasteiger partial charge in [0.05, 0.1) is 0 Å². The molecule has 0 spiro atoms. The highest BCUT2D eigenvalue weighted by Crippen LogP contribution is 2.31. The van der Waals surface area contributed by atoms with Crippen molar-refractivity contribution in [3.63, 3.8) is 0 Å². The number of aryl methyl sites for hydroxylation is 2. The van der Waals surface area contributed by atoms with Crippen molar-refractivity contribution in [2.75, 3.05) is 0 Å². The van der Waals surface area contributed by atoms with Gasteiger partial charge in [0.15, 0.2) is 0 Å². The van der Waals surface area contributed by atoms with Gasteiger partial charge in [-0.15, -0.1) is 0 Å². The van der Waals surface area contributed by atoms with Crippen molar-refractivity contribution in [3.8, 4) is 0 Å². The van der Waals surface area contributed by atoms with Gasteiger partial charge >= 0.3 is 0 Å². The number of benzene rings is 2. The molecule has 1 atom stereocenters. The van der Waals surface area contributed by atoms with E-state index in [1.807, 2.05) is 6.07 Å². The predicted molar refractivity (Wildman–Crippen MR) is 75.5 cm³/mol. The fourth-order valence-corrected chi connectivity index (χ4v) is 2.75. The summed E-state index contributed by atoms with van der Waals surface area (Å²) in [5, 5.41) is 3.57. The van der Waals surface area contributed by atoms with Gasteiger partial charge in [0.25, 0.3) is 0 Å². The summed E-state index contributed by atoms with van der Waals surface area (Å²) in [4.78, 5) is 0. The van der Waals surface area contributed by atoms with Crippen LogP contribution in [0.25, 0.3) is 0 Å².